The SMILES string of the molecule is O=C1CCC(N2Cc3ccc(CN4CCO[C@H]5CCNC[C@H]54)cc3C2=O)C(=O)N1. The van der Waals surface area contributed by atoms with Gasteiger partial charge in [-0.15, -0.1) is 0 Å². The van der Waals surface area contributed by atoms with E-state index >= 15 is 0 Å². The van der Waals surface area contributed by atoms with E-state index in [-0.39, 0.29) is 30.2 Å². The van der Waals surface area contributed by atoms with Crippen LogP contribution in [0.5, 0.6) is 0 Å². The molecular weight excluding hydrogens is 372 g/mol. The van der Waals surface area contributed by atoms with Crippen molar-refractivity contribution in [2.75, 3.05) is 26.2 Å². The summed E-state index contributed by atoms with van der Waals surface area (Å²) in [4.78, 5) is 40.7. The summed E-state index contributed by atoms with van der Waals surface area (Å²) in [6.45, 7) is 4.76. The summed E-state index contributed by atoms with van der Waals surface area (Å²) in [6.07, 6.45) is 1.98. The summed E-state index contributed by atoms with van der Waals surface area (Å²) in [5, 5.41) is 5.80. The lowest BCUT2D eigenvalue weighted by Gasteiger charge is -2.44. The zero-order valence-electron chi connectivity index (χ0n) is 16.4. The molecule has 0 saturated carbocycles. The molecule has 1 unspecified atom stereocenters. The molecule has 2 N–H and O–H groups in total. The van der Waals surface area contributed by atoms with Gasteiger partial charge in [0, 0.05) is 44.2 Å². The minimum atomic E-state index is -0.565. The Labute approximate surface area is 169 Å². The minimum Gasteiger partial charge on any atom is -0.375 e. The quantitative estimate of drug-likeness (QED) is 0.697. The van der Waals surface area contributed by atoms with Crippen LogP contribution in [0.1, 0.15) is 40.7 Å². The first-order chi connectivity index (χ1) is 14.1. The highest BCUT2D eigenvalue weighted by atomic mass is 16.5. The molecule has 4 aliphatic heterocycles. The highest BCUT2D eigenvalue weighted by Gasteiger charge is 2.39. The van der Waals surface area contributed by atoms with Crippen LogP contribution in [-0.2, 0) is 27.4 Å². The van der Waals surface area contributed by atoms with Crippen molar-refractivity contribution in [3.8, 4) is 0 Å². The standard InChI is InChI=1S/C21H26N4O4/c26-19-4-3-16(20(27)23-19)25-12-14-2-1-13(9-15(14)21(25)28)11-24-7-8-29-18-5-6-22-10-17(18)24/h1-2,9,16-18,22H,3-8,10-12H2,(H,23,26,27)/t16?,17-,18+/m1/s1. The summed E-state index contributed by atoms with van der Waals surface area (Å²) in [5.74, 6) is -0.749. The van der Waals surface area contributed by atoms with Gasteiger partial charge >= 0.3 is 0 Å². The van der Waals surface area contributed by atoms with E-state index in [2.05, 4.69) is 21.6 Å². The topological polar surface area (TPSA) is 91.0 Å². The number of ether oxygens (including phenoxy) is 1. The molecule has 3 saturated heterocycles. The number of benzene rings is 1. The summed E-state index contributed by atoms with van der Waals surface area (Å²) >= 11 is 0. The van der Waals surface area contributed by atoms with Crippen molar-refractivity contribution in [3.63, 3.8) is 0 Å². The minimum absolute atomic E-state index is 0.115. The second-order valence-corrected chi connectivity index (χ2v) is 8.33. The van der Waals surface area contributed by atoms with Gasteiger partial charge in [0.25, 0.3) is 5.91 Å². The summed E-state index contributed by atoms with van der Waals surface area (Å²) in [5.41, 5.74) is 2.73. The summed E-state index contributed by atoms with van der Waals surface area (Å²) in [6, 6.07) is 5.86. The van der Waals surface area contributed by atoms with Crippen LogP contribution in [0.4, 0.5) is 0 Å². The van der Waals surface area contributed by atoms with Gasteiger partial charge < -0.3 is 15.0 Å². The average molecular weight is 398 g/mol. The molecule has 1 aromatic carbocycles. The molecule has 0 aliphatic carbocycles. The lowest BCUT2D eigenvalue weighted by atomic mass is 9.99. The molecule has 4 aliphatic rings. The normalized spacial score (nSPS) is 30.1. The maximum Gasteiger partial charge on any atom is 0.255 e. The molecule has 0 radical (unpaired) electrons. The Bertz CT molecular complexity index is 855. The number of carbonyl (C=O) groups is 3. The predicted octanol–water partition coefficient (Wildman–Crippen LogP) is 0.0103. The van der Waals surface area contributed by atoms with Gasteiger partial charge in [-0.25, -0.2) is 0 Å². The van der Waals surface area contributed by atoms with Gasteiger partial charge in [0.05, 0.1) is 12.7 Å². The molecule has 8 nitrogen and oxygen atoms in total. The Balaban J connectivity index is 1.31. The van der Waals surface area contributed by atoms with Gasteiger partial charge in [-0.05, 0) is 36.6 Å². The number of carbonyl (C=O) groups excluding carboxylic acids is 3. The number of hydrogen-bond donors (Lipinski definition) is 2. The van der Waals surface area contributed by atoms with Crippen LogP contribution >= 0.6 is 0 Å². The number of fused-ring (bicyclic) bond motifs is 2. The summed E-state index contributed by atoms with van der Waals surface area (Å²) < 4.78 is 5.94. The van der Waals surface area contributed by atoms with Gasteiger partial charge in [-0.2, -0.15) is 0 Å². The van der Waals surface area contributed by atoms with Gasteiger partial charge in [0.15, 0.2) is 0 Å². The van der Waals surface area contributed by atoms with Crippen molar-refractivity contribution >= 4 is 17.7 Å². The smallest absolute Gasteiger partial charge is 0.255 e. The molecular formula is C21H26N4O4. The molecule has 8 heteroatoms. The maximum atomic E-state index is 13.0. The third-order valence-electron chi connectivity index (χ3n) is 6.55. The second kappa shape index (κ2) is 7.51. The Morgan fingerprint density at radius 2 is 2.07 bits per heavy atom. The van der Waals surface area contributed by atoms with Crippen molar-refractivity contribution in [2.24, 2.45) is 0 Å². The van der Waals surface area contributed by atoms with Crippen molar-refractivity contribution in [1.29, 1.82) is 0 Å². The Morgan fingerprint density at radius 1 is 1.17 bits per heavy atom. The van der Waals surface area contributed by atoms with Crippen LogP contribution in [-0.4, -0.2) is 72.0 Å². The maximum absolute atomic E-state index is 13.0. The highest BCUT2D eigenvalue weighted by Crippen LogP contribution is 2.29. The Kier molecular flexibility index (Phi) is 4.85. The van der Waals surface area contributed by atoms with Gasteiger partial charge in [-0.3, -0.25) is 24.6 Å². The molecule has 4 heterocycles. The zero-order chi connectivity index (χ0) is 20.0. The number of hydrogen-bond acceptors (Lipinski definition) is 6. The van der Waals surface area contributed by atoms with E-state index in [1.54, 1.807) is 4.90 Å². The zero-order valence-corrected chi connectivity index (χ0v) is 16.4. The van der Waals surface area contributed by atoms with Crippen LogP contribution in [0.2, 0.25) is 0 Å². The second-order valence-electron chi connectivity index (χ2n) is 8.33. The van der Waals surface area contributed by atoms with E-state index in [0.717, 1.165) is 50.3 Å². The molecule has 3 atom stereocenters. The van der Waals surface area contributed by atoms with Gasteiger partial charge in [-0.1, -0.05) is 12.1 Å². The lowest BCUT2D eigenvalue weighted by Crippen LogP contribution is -2.58. The first-order valence-electron chi connectivity index (χ1n) is 10.4. The predicted molar refractivity (Wildman–Crippen MR) is 104 cm³/mol. The van der Waals surface area contributed by atoms with Crippen molar-refractivity contribution in [1.82, 2.24) is 20.4 Å². The van der Waals surface area contributed by atoms with Crippen molar-refractivity contribution < 1.29 is 19.1 Å². The molecule has 154 valence electrons. The first kappa shape index (κ1) is 18.7. The van der Waals surface area contributed by atoms with Crippen molar-refractivity contribution in [2.45, 2.75) is 50.5 Å². The van der Waals surface area contributed by atoms with E-state index in [4.69, 9.17) is 4.74 Å². The fourth-order valence-corrected chi connectivity index (χ4v) is 4.99. The third-order valence-corrected chi connectivity index (χ3v) is 6.55. The van der Waals surface area contributed by atoms with Crippen LogP contribution < -0.4 is 10.6 Å². The third kappa shape index (κ3) is 3.45. The highest BCUT2D eigenvalue weighted by molar-refractivity contribution is 6.05. The summed E-state index contributed by atoms with van der Waals surface area (Å²) in [7, 11) is 0. The van der Waals surface area contributed by atoms with E-state index in [9.17, 15) is 14.4 Å². The number of amides is 3. The number of rotatable bonds is 3. The molecule has 0 aromatic heterocycles. The molecule has 29 heavy (non-hydrogen) atoms. The number of imide groups is 1. The van der Waals surface area contributed by atoms with Crippen LogP contribution in [0.15, 0.2) is 18.2 Å². The Hall–Kier alpha value is -2.29. The van der Waals surface area contributed by atoms with Gasteiger partial charge in [0.1, 0.15) is 6.04 Å². The average Bonchev–Trinajstić information content (AvgIpc) is 3.04. The number of piperidine rings is 2. The molecule has 1 aromatic rings. The van der Waals surface area contributed by atoms with Crippen LogP contribution in [0, 0.1) is 0 Å². The van der Waals surface area contributed by atoms with E-state index in [1.165, 1.54) is 0 Å². The lowest BCUT2D eigenvalue weighted by molar-refractivity contribution is -0.136. The number of nitrogens with one attached hydrogen (secondary N) is 2. The molecule has 3 amide bonds. The molecule has 0 spiro atoms. The van der Waals surface area contributed by atoms with Crippen LogP contribution in [0.3, 0.4) is 0 Å². The van der Waals surface area contributed by atoms with E-state index in [1.807, 2.05) is 12.1 Å². The molecule has 5 rings (SSSR count). The van der Waals surface area contributed by atoms with Crippen molar-refractivity contribution in [3.05, 3.63) is 34.9 Å². The molecule has 0 bridgehead atoms. The van der Waals surface area contributed by atoms with Gasteiger partial charge in [0.2, 0.25) is 11.8 Å². The fourth-order valence-electron chi connectivity index (χ4n) is 4.99. The Morgan fingerprint density at radius 3 is 2.93 bits per heavy atom. The first-order valence-corrected chi connectivity index (χ1v) is 10.4. The number of morpholine rings is 1. The fraction of sp³-hybridized carbons (Fsp3) is 0.571. The van der Waals surface area contributed by atoms with E-state index < -0.39 is 6.04 Å². The number of nitrogens with zero attached hydrogens (tertiary/aromatic N) is 2. The monoisotopic (exact) mass is 398 g/mol. The van der Waals surface area contributed by atoms with E-state index in [0.29, 0.717) is 24.6 Å². The largest absolute Gasteiger partial charge is 0.375 e. The van der Waals surface area contributed by atoms with Crippen LogP contribution in [0.25, 0.3) is 0 Å². The molecule has 3 fully saturated rings.